The van der Waals surface area contributed by atoms with E-state index in [0.717, 1.165) is 28.6 Å². The van der Waals surface area contributed by atoms with Crippen LogP contribution in [0.2, 0.25) is 0 Å². The predicted octanol–water partition coefficient (Wildman–Crippen LogP) is 23.4. The maximum atomic E-state index is 14.7. The van der Waals surface area contributed by atoms with Crippen LogP contribution in [0.3, 0.4) is 0 Å². The van der Waals surface area contributed by atoms with Gasteiger partial charge in [0.15, 0.2) is 20.0 Å². The first-order valence-corrected chi connectivity index (χ1v) is 52.6. The van der Waals surface area contributed by atoms with Crippen molar-refractivity contribution in [1.29, 1.82) is 0 Å². The average Bonchev–Trinajstić information content (AvgIpc) is 1.50. The van der Waals surface area contributed by atoms with Gasteiger partial charge in [0.05, 0.1) is 55.3 Å². The fraction of sp³-hybridized carbons (Fsp3) is 0.630. The summed E-state index contributed by atoms with van der Waals surface area (Å²) < 4.78 is 113. The maximum absolute atomic E-state index is 14.7. The van der Waals surface area contributed by atoms with Crippen molar-refractivity contribution in [2.45, 2.75) is 289 Å². The number of hydrogen-bond donors (Lipinski definition) is 0. The Hall–Kier alpha value is -1.13. The van der Waals surface area contributed by atoms with Gasteiger partial charge in [0.2, 0.25) is 5.59 Å². The molecule has 0 amide bonds. The summed E-state index contributed by atoms with van der Waals surface area (Å²) in [5.74, 6) is 7.31. The second-order valence-corrected chi connectivity index (χ2v) is 71.4. The number of ether oxygens (including phenoxy) is 7. The second kappa shape index (κ2) is 39.9. The molecule has 4 aromatic carbocycles. The Morgan fingerprint density at radius 2 is 0.954 bits per heavy atom. The summed E-state index contributed by atoms with van der Waals surface area (Å²) in [6.45, 7) is 67.3. The van der Waals surface area contributed by atoms with E-state index in [1.807, 2.05) is 126 Å². The monoisotopic (exact) mass is 1810 g/mol. The van der Waals surface area contributed by atoms with E-state index < -0.39 is 80.5 Å². The van der Waals surface area contributed by atoms with E-state index in [4.69, 9.17) is 66.4 Å². The van der Waals surface area contributed by atoms with Crippen molar-refractivity contribution in [2.75, 3.05) is 27.7 Å². The van der Waals surface area contributed by atoms with E-state index in [2.05, 4.69) is 186 Å². The molecule has 6 aliphatic rings. The Bertz CT molecular complexity index is 3680. The molecule has 1 unspecified atom stereocenters. The first-order chi connectivity index (χ1) is 46.9. The van der Waals surface area contributed by atoms with Gasteiger partial charge in [0.1, 0.15) is 72.1 Å². The van der Waals surface area contributed by atoms with Crippen LogP contribution in [0.25, 0.3) is 0 Å². The summed E-state index contributed by atoms with van der Waals surface area (Å²) in [6, 6.07) is 23.9. The summed E-state index contributed by atoms with van der Waals surface area (Å²) in [5.41, 5.74) is 1.29. The van der Waals surface area contributed by atoms with Gasteiger partial charge in [-0.05, 0) is 167 Å². The molecule has 0 saturated carbocycles. The molecule has 4 aromatic rings. The standard InChI is InChI=1S/C20H34O4P2.C20H34O2P2.C20H34OP2.C12H17O3P.C7H8.2CH3.BF3.Cl3HSi.FH.Rh/c1-18(2,3)25(21)16-14(23-10)12-11-13-15(16)24-17(25)26(22,19(4,5)6)20(7,8)9;1-18(2,3)23-16-14(21-10)12-11-13-15(16)22-17(23)24(19(4,5)6)20(7,8)9;1-14-12-11-13-15-16(14)22(18(2,3)4)17(21-15)23(19(5,6)7)20(8,9)10;1-12(2,3)16(13)8-15-10-7-5-6-9(14-4)11(10)16;1-2-7-4-3-6(1)5-7;;;2-1(3)4;1-4(2)3;;/h11-13,17H,1-10H3;11-13,17H,1-10H3;11-13,17H,1-10H3;5-7H,8H2,1-4H3;1-4,6-7H,5H2;2*1H3;;4H;1H;/q;;;;;2*-1;;;;+3/p+1/t17-,25+;17-,23-;17-,22?;16-;;;;;;;/m1111......./s1. The molecule has 10 rings (SSSR count). The minimum absolute atomic E-state index is 0. The quantitative estimate of drug-likeness (QED) is 0.0461. The third kappa shape index (κ3) is 25.0. The van der Waals surface area contributed by atoms with Crippen LogP contribution < -0.4 is 59.1 Å². The number of rotatable bonds is 6. The molecule has 0 radical (unpaired) electrons. The van der Waals surface area contributed by atoms with E-state index in [-0.39, 0.29) is 79.5 Å². The van der Waals surface area contributed by atoms with Crippen molar-refractivity contribution in [3.8, 4) is 40.2 Å². The van der Waals surface area contributed by atoms with Crippen LogP contribution in [0, 0.1) is 33.6 Å². The zero-order valence-electron chi connectivity index (χ0n) is 72.0. The van der Waals surface area contributed by atoms with Gasteiger partial charge in [-0.15, -0.1) is 33.2 Å². The minimum Gasteiger partial charge on any atom is -1.00 e. The minimum atomic E-state index is -3.67. The van der Waals surface area contributed by atoms with Gasteiger partial charge in [-0.1, -0.05) is 200 Å². The van der Waals surface area contributed by atoms with E-state index in [1.54, 1.807) is 26.6 Å². The van der Waals surface area contributed by atoms with Gasteiger partial charge in [0, 0.05) is 20.6 Å². The average molecular weight is 1810 g/mol. The number of benzene rings is 4. The van der Waals surface area contributed by atoms with Crippen LogP contribution >= 0.6 is 86.3 Å². The number of allylic oxidation sites excluding steroid dienone is 4. The predicted molar refractivity (Wildman–Crippen MR) is 475 cm³/mol. The number of methoxy groups -OCH3 is 3. The zero-order chi connectivity index (χ0) is 80.5. The number of aryl methyl sites for hydroxylation is 1. The molecule has 27 heteroatoms. The van der Waals surface area contributed by atoms with Crippen molar-refractivity contribution in [1.82, 2.24) is 0 Å². The van der Waals surface area contributed by atoms with E-state index >= 15 is 0 Å². The van der Waals surface area contributed by atoms with Gasteiger partial charge in [-0.3, -0.25) is 12.9 Å². The third-order valence-electron chi connectivity index (χ3n) is 19.1. The van der Waals surface area contributed by atoms with E-state index in [1.165, 1.54) is 23.0 Å². The van der Waals surface area contributed by atoms with Crippen molar-refractivity contribution >= 4 is 122 Å². The first kappa shape index (κ1) is 107. The Morgan fingerprint density at radius 1 is 0.574 bits per heavy atom. The third-order valence-corrected chi connectivity index (χ3v) is 50.2. The summed E-state index contributed by atoms with van der Waals surface area (Å²) in [7, 11) is -9.98. The largest absolute Gasteiger partial charge is 3.00 e. The SMILES string of the molecule is C1=CC2C=CC1C2.COc1cccc2c1[P@@](=O)(C(C)(C)C)CO2.COc1cccc2c1[P@@](=O)(C(C)(C)C)[C@H](P(=O)(C(C)(C)C)C(C)(C)C)O2.COc1cccc2c1[P@@](C(C)(C)C)[C@H](P(C(C)(C)C)C(C)(C)C)O2.Cc1cccc2c1[PH+](C(C)(C)C)[C@H]([PH+](C(C)(C)C)C(C)(C)C)O2.Cl[SiH](Cl)Cl.FB(F)F.[CH3-].[CH3-].[F-].[Rh+3]. The molecular formula is C81H136BCl3F4O10P7RhSi+2. The smallest absolute Gasteiger partial charge is 1.00 e. The molecule has 0 saturated heterocycles. The molecule has 4 aliphatic heterocycles. The first-order valence-electron chi connectivity index (χ1n) is 36.0. The van der Waals surface area contributed by atoms with Gasteiger partial charge in [0.25, 0.3) is 0 Å². The number of hydrogen-bond acceptors (Lipinski definition) is 10. The van der Waals surface area contributed by atoms with Crippen LogP contribution in [0.15, 0.2) is 97.1 Å². The second-order valence-electron chi connectivity index (χ2n) is 37.4. The number of halogens is 7. The van der Waals surface area contributed by atoms with Crippen LogP contribution in [0.5, 0.6) is 40.2 Å². The summed E-state index contributed by atoms with van der Waals surface area (Å²) in [5, 5.41) is 3.86. The normalized spacial score (nSPS) is 22.3. The van der Waals surface area contributed by atoms with Crippen molar-refractivity contribution in [3.05, 3.63) is 118 Å². The van der Waals surface area contributed by atoms with E-state index in [9.17, 15) is 26.6 Å². The van der Waals surface area contributed by atoms with Gasteiger partial charge in [-0.25, -0.2) is 0 Å². The Labute approximate surface area is 687 Å². The molecule has 0 spiro atoms. The Kier molecular flexibility index (Phi) is 39.5. The van der Waals surface area contributed by atoms with Crippen LogP contribution in [-0.2, 0) is 33.2 Å². The number of fused-ring (bicyclic) bond motifs is 6. The Morgan fingerprint density at radius 3 is 1.30 bits per heavy atom. The molecule has 10 nitrogen and oxygen atoms in total. The molecule has 108 heavy (non-hydrogen) atoms. The molecule has 618 valence electrons. The fourth-order valence-electron chi connectivity index (χ4n) is 15.3. The molecule has 0 N–H and O–H groups in total. The molecular weight excluding hydrogens is 1670 g/mol. The fourth-order valence-corrected chi connectivity index (χ4v) is 52.5. The summed E-state index contributed by atoms with van der Waals surface area (Å²) >= 11 is 14.8. The molecule has 7 atom stereocenters. The van der Waals surface area contributed by atoms with Crippen LogP contribution in [-0.4, -0.2) is 110 Å². The van der Waals surface area contributed by atoms with Gasteiger partial charge < -0.3 is 66.4 Å². The topological polar surface area (TPSA) is 116 Å². The molecule has 4 heterocycles. The molecule has 0 aromatic heterocycles. The van der Waals surface area contributed by atoms with Crippen LogP contribution in [0.4, 0.5) is 12.9 Å². The maximum Gasteiger partial charge on any atom is 3.00 e. The van der Waals surface area contributed by atoms with Gasteiger partial charge >= 0.3 is 39.3 Å². The molecule has 0 fully saturated rings. The Balaban J connectivity index is 0.00000132. The van der Waals surface area contributed by atoms with Crippen LogP contribution in [0.1, 0.15) is 220 Å². The van der Waals surface area contributed by atoms with Crippen molar-refractivity contribution < 1.29 is 84.0 Å². The molecule has 2 bridgehead atoms. The van der Waals surface area contributed by atoms with Gasteiger partial charge in [-0.2, -0.15) is 0 Å². The summed E-state index contributed by atoms with van der Waals surface area (Å²) in [4.78, 5) is 0. The van der Waals surface area contributed by atoms with Crippen molar-refractivity contribution in [2.24, 2.45) is 11.8 Å². The van der Waals surface area contributed by atoms with Crippen molar-refractivity contribution in [3.63, 3.8) is 0 Å². The molecule has 2 aliphatic carbocycles. The zero-order valence-corrected chi connectivity index (χ0v) is 83.5. The van der Waals surface area contributed by atoms with E-state index in [0.29, 0.717) is 49.4 Å². The summed E-state index contributed by atoms with van der Waals surface area (Å²) in [6.07, 6.45) is 10.8.